The molecule has 0 amide bonds. The molecule has 2 rings (SSSR count). The molecule has 0 aliphatic rings. The average molecular weight is 329 g/mol. The first-order valence-corrected chi connectivity index (χ1v) is 7.83. The van der Waals surface area contributed by atoms with Crippen molar-refractivity contribution in [2.75, 3.05) is 10.6 Å². The molecule has 0 heterocycles. The monoisotopic (exact) mass is 329 g/mol. The van der Waals surface area contributed by atoms with Crippen LogP contribution in [-0.2, 0) is 0 Å². The highest BCUT2D eigenvalue weighted by Crippen LogP contribution is 2.26. The molecular formula is C17H19N3O2S. The fraction of sp³-hybridized carbons (Fsp3) is 0.235. The molecule has 0 spiro atoms. The third-order valence-corrected chi connectivity index (χ3v) is 3.87. The number of rotatable bonds is 5. The van der Waals surface area contributed by atoms with Crippen molar-refractivity contribution in [2.45, 2.75) is 26.2 Å². The van der Waals surface area contributed by atoms with Crippen molar-refractivity contribution in [3.05, 3.63) is 64.2 Å². The largest absolute Gasteiger partial charge is 0.332 e. The number of hydrogen-bond donors (Lipinski definition) is 2. The van der Waals surface area contributed by atoms with E-state index in [1.165, 1.54) is 17.7 Å². The van der Waals surface area contributed by atoms with E-state index in [0.717, 1.165) is 12.1 Å². The zero-order valence-corrected chi connectivity index (χ0v) is 13.9. The van der Waals surface area contributed by atoms with Crippen LogP contribution < -0.4 is 10.6 Å². The normalized spacial score (nSPS) is 11.6. The van der Waals surface area contributed by atoms with Gasteiger partial charge in [-0.05, 0) is 42.3 Å². The molecule has 120 valence electrons. The van der Waals surface area contributed by atoms with Gasteiger partial charge in [-0.15, -0.1) is 0 Å². The predicted molar refractivity (Wildman–Crippen MR) is 98.1 cm³/mol. The number of benzene rings is 2. The molecule has 1 unspecified atom stereocenters. The summed E-state index contributed by atoms with van der Waals surface area (Å²) in [5.74, 6) is 0.416. The maximum Gasteiger partial charge on any atom is 0.271 e. The summed E-state index contributed by atoms with van der Waals surface area (Å²) in [4.78, 5) is 10.4. The standard InChI is InChI=1S/C17H19N3O2S/c1-3-12(2)15-9-4-5-10-16(15)19-17(23)18-13-7-6-8-14(11-13)20(21)22/h4-12H,3H2,1-2H3,(H2,18,19,23). The van der Waals surface area contributed by atoms with E-state index in [1.54, 1.807) is 12.1 Å². The number of nitrogens with zero attached hydrogens (tertiary/aromatic N) is 1. The molecule has 0 aliphatic heterocycles. The lowest BCUT2D eigenvalue weighted by Crippen LogP contribution is -2.20. The van der Waals surface area contributed by atoms with Gasteiger partial charge in [-0.25, -0.2) is 0 Å². The molecule has 0 radical (unpaired) electrons. The van der Waals surface area contributed by atoms with Crippen LogP contribution in [0, 0.1) is 10.1 Å². The molecule has 2 aromatic rings. The Kier molecular flexibility index (Phi) is 5.65. The van der Waals surface area contributed by atoms with Crippen molar-refractivity contribution in [1.82, 2.24) is 0 Å². The van der Waals surface area contributed by atoms with Crippen LogP contribution in [0.15, 0.2) is 48.5 Å². The first kappa shape index (κ1) is 16.9. The lowest BCUT2D eigenvalue weighted by molar-refractivity contribution is -0.384. The second kappa shape index (κ2) is 7.69. The highest BCUT2D eigenvalue weighted by Gasteiger charge is 2.10. The van der Waals surface area contributed by atoms with E-state index >= 15 is 0 Å². The van der Waals surface area contributed by atoms with Gasteiger partial charge in [0.25, 0.3) is 5.69 Å². The fourth-order valence-corrected chi connectivity index (χ4v) is 2.47. The number of nitro groups is 1. The van der Waals surface area contributed by atoms with E-state index in [4.69, 9.17) is 12.2 Å². The Bertz CT molecular complexity index is 718. The molecule has 6 heteroatoms. The number of thiocarbonyl (C=S) groups is 1. The van der Waals surface area contributed by atoms with Crippen molar-refractivity contribution in [3.63, 3.8) is 0 Å². The molecular weight excluding hydrogens is 310 g/mol. The quantitative estimate of drug-likeness (QED) is 0.463. The topological polar surface area (TPSA) is 67.2 Å². The average Bonchev–Trinajstić information content (AvgIpc) is 2.54. The van der Waals surface area contributed by atoms with Gasteiger partial charge in [-0.3, -0.25) is 10.1 Å². The van der Waals surface area contributed by atoms with Crippen molar-refractivity contribution >= 4 is 34.4 Å². The Balaban J connectivity index is 2.11. The zero-order valence-electron chi connectivity index (χ0n) is 13.1. The van der Waals surface area contributed by atoms with E-state index in [0.29, 0.717) is 16.7 Å². The number of anilines is 2. The fourth-order valence-electron chi connectivity index (χ4n) is 2.24. The van der Waals surface area contributed by atoms with Crippen LogP contribution in [0.25, 0.3) is 0 Å². The van der Waals surface area contributed by atoms with E-state index in [2.05, 4.69) is 30.5 Å². The Morgan fingerprint density at radius 1 is 1.22 bits per heavy atom. The van der Waals surface area contributed by atoms with E-state index in [1.807, 2.05) is 18.2 Å². The molecule has 0 fully saturated rings. The minimum atomic E-state index is -0.431. The number of hydrogen-bond acceptors (Lipinski definition) is 3. The maximum absolute atomic E-state index is 10.8. The van der Waals surface area contributed by atoms with Gasteiger partial charge in [0.05, 0.1) is 4.92 Å². The van der Waals surface area contributed by atoms with Crippen LogP contribution >= 0.6 is 12.2 Å². The van der Waals surface area contributed by atoms with Crippen molar-refractivity contribution in [1.29, 1.82) is 0 Å². The summed E-state index contributed by atoms with van der Waals surface area (Å²) in [5, 5.41) is 17.4. The molecule has 2 aromatic carbocycles. The van der Waals surface area contributed by atoms with Crippen LogP contribution in [-0.4, -0.2) is 10.0 Å². The Labute approximate surface area is 140 Å². The number of nitrogens with one attached hydrogen (secondary N) is 2. The summed E-state index contributed by atoms with van der Waals surface area (Å²) in [6.45, 7) is 4.30. The van der Waals surface area contributed by atoms with Gasteiger partial charge in [0.15, 0.2) is 5.11 Å². The lowest BCUT2D eigenvalue weighted by atomic mass is 9.97. The first-order chi connectivity index (χ1) is 11.0. The van der Waals surface area contributed by atoms with Gasteiger partial charge in [-0.2, -0.15) is 0 Å². The lowest BCUT2D eigenvalue weighted by Gasteiger charge is -2.17. The summed E-state index contributed by atoms with van der Waals surface area (Å²) in [6, 6.07) is 14.3. The molecule has 23 heavy (non-hydrogen) atoms. The van der Waals surface area contributed by atoms with Gasteiger partial charge >= 0.3 is 0 Å². The van der Waals surface area contributed by atoms with Crippen molar-refractivity contribution in [2.24, 2.45) is 0 Å². The summed E-state index contributed by atoms with van der Waals surface area (Å²) in [7, 11) is 0. The van der Waals surface area contributed by atoms with Gasteiger partial charge in [-0.1, -0.05) is 38.1 Å². The smallest absolute Gasteiger partial charge is 0.271 e. The van der Waals surface area contributed by atoms with Crippen LogP contribution in [0.4, 0.5) is 17.1 Å². The molecule has 0 saturated heterocycles. The summed E-state index contributed by atoms with van der Waals surface area (Å²) in [6.07, 6.45) is 1.03. The molecule has 0 saturated carbocycles. The molecule has 2 N–H and O–H groups in total. The SMILES string of the molecule is CCC(C)c1ccccc1NC(=S)Nc1cccc([N+](=O)[O-])c1. The molecule has 0 aromatic heterocycles. The third kappa shape index (κ3) is 4.50. The highest BCUT2D eigenvalue weighted by molar-refractivity contribution is 7.80. The minimum absolute atomic E-state index is 0.0257. The first-order valence-electron chi connectivity index (χ1n) is 7.42. The Hall–Kier alpha value is -2.47. The van der Waals surface area contributed by atoms with Gasteiger partial charge < -0.3 is 10.6 Å². The Morgan fingerprint density at radius 2 is 1.96 bits per heavy atom. The highest BCUT2D eigenvalue weighted by atomic mass is 32.1. The number of non-ortho nitro benzene ring substituents is 1. The van der Waals surface area contributed by atoms with Crippen LogP contribution in [0.1, 0.15) is 31.7 Å². The van der Waals surface area contributed by atoms with Crippen molar-refractivity contribution in [3.8, 4) is 0 Å². The minimum Gasteiger partial charge on any atom is -0.332 e. The molecule has 0 bridgehead atoms. The summed E-state index contributed by atoms with van der Waals surface area (Å²) >= 11 is 5.32. The molecule has 1 atom stereocenters. The number of nitro benzene ring substituents is 1. The van der Waals surface area contributed by atoms with Gasteiger partial charge in [0.2, 0.25) is 0 Å². The van der Waals surface area contributed by atoms with Gasteiger partial charge in [0.1, 0.15) is 0 Å². The maximum atomic E-state index is 10.8. The van der Waals surface area contributed by atoms with E-state index < -0.39 is 4.92 Å². The van der Waals surface area contributed by atoms with E-state index in [-0.39, 0.29) is 5.69 Å². The third-order valence-electron chi connectivity index (χ3n) is 3.67. The van der Waals surface area contributed by atoms with Crippen LogP contribution in [0.5, 0.6) is 0 Å². The van der Waals surface area contributed by atoms with E-state index in [9.17, 15) is 10.1 Å². The predicted octanol–water partition coefficient (Wildman–Crippen LogP) is 4.92. The molecule has 5 nitrogen and oxygen atoms in total. The number of para-hydroxylation sites is 1. The van der Waals surface area contributed by atoms with Crippen LogP contribution in [0.2, 0.25) is 0 Å². The summed E-state index contributed by atoms with van der Waals surface area (Å²) < 4.78 is 0. The van der Waals surface area contributed by atoms with Crippen molar-refractivity contribution < 1.29 is 4.92 Å². The van der Waals surface area contributed by atoms with Gasteiger partial charge in [0, 0.05) is 23.5 Å². The molecule has 0 aliphatic carbocycles. The summed E-state index contributed by atoms with van der Waals surface area (Å²) in [5.41, 5.74) is 2.75. The van der Waals surface area contributed by atoms with Crippen LogP contribution in [0.3, 0.4) is 0 Å². The second-order valence-corrected chi connectivity index (χ2v) is 5.69. The second-order valence-electron chi connectivity index (χ2n) is 5.28. The Morgan fingerprint density at radius 3 is 2.65 bits per heavy atom. The zero-order chi connectivity index (χ0) is 16.8.